The summed E-state index contributed by atoms with van der Waals surface area (Å²) < 4.78 is 5.35. The molecule has 3 heterocycles. The Morgan fingerprint density at radius 2 is 1.70 bits per heavy atom. The Labute approximate surface area is 121 Å². The lowest BCUT2D eigenvalue weighted by atomic mass is 9.99. The van der Waals surface area contributed by atoms with E-state index in [4.69, 9.17) is 10.5 Å². The second-order valence-corrected chi connectivity index (χ2v) is 6.49. The maximum atomic E-state index is 12.5. The number of likely N-dealkylation sites (tertiary alicyclic amines) is 2. The van der Waals surface area contributed by atoms with E-state index in [1.54, 1.807) is 0 Å². The minimum atomic E-state index is 0.206. The van der Waals surface area contributed by atoms with E-state index in [0.29, 0.717) is 18.0 Å². The quantitative estimate of drug-likeness (QED) is 0.798. The number of carbonyl (C=O) groups is 1. The molecule has 2 N–H and O–H groups in total. The molecular weight excluding hydrogens is 254 g/mol. The van der Waals surface area contributed by atoms with Crippen molar-refractivity contribution in [1.29, 1.82) is 0 Å². The van der Waals surface area contributed by atoms with Gasteiger partial charge < -0.3 is 15.4 Å². The van der Waals surface area contributed by atoms with Crippen molar-refractivity contribution in [2.75, 3.05) is 39.4 Å². The number of rotatable bonds is 2. The van der Waals surface area contributed by atoms with E-state index in [0.717, 1.165) is 71.5 Å². The van der Waals surface area contributed by atoms with E-state index in [2.05, 4.69) is 9.80 Å². The average Bonchev–Trinajstić information content (AvgIpc) is 2.98. The molecule has 0 aliphatic carbocycles. The van der Waals surface area contributed by atoms with Crippen LogP contribution in [0, 0.1) is 5.92 Å². The molecule has 3 fully saturated rings. The molecule has 3 aliphatic heterocycles. The first-order valence-electron chi connectivity index (χ1n) is 8.10. The van der Waals surface area contributed by atoms with E-state index in [-0.39, 0.29) is 5.92 Å². The van der Waals surface area contributed by atoms with Crippen LogP contribution in [-0.4, -0.2) is 67.2 Å². The zero-order chi connectivity index (χ0) is 13.9. The minimum Gasteiger partial charge on any atom is -0.381 e. The Morgan fingerprint density at radius 1 is 1.00 bits per heavy atom. The van der Waals surface area contributed by atoms with Crippen LogP contribution in [0.4, 0.5) is 0 Å². The zero-order valence-corrected chi connectivity index (χ0v) is 12.3. The molecule has 0 bridgehead atoms. The molecule has 3 aliphatic rings. The number of ether oxygens (including phenoxy) is 1. The van der Waals surface area contributed by atoms with E-state index < -0.39 is 0 Å². The Balaban J connectivity index is 1.50. The van der Waals surface area contributed by atoms with Crippen LogP contribution in [0.25, 0.3) is 0 Å². The van der Waals surface area contributed by atoms with Crippen molar-refractivity contribution in [3.63, 3.8) is 0 Å². The predicted octanol–water partition coefficient (Wildman–Crippen LogP) is 0.437. The molecule has 1 amide bonds. The molecular formula is C15H27N3O2. The van der Waals surface area contributed by atoms with Crippen LogP contribution >= 0.6 is 0 Å². The Morgan fingerprint density at radius 3 is 2.40 bits per heavy atom. The summed E-state index contributed by atoms with van der Waals surface area (Å²) in [6.45, 7) is 5.56. The molecule has 20 heavy (non-hydrogen) atoms. The fourth-order valence-electron chi connectivity index (χ4n) is 3.73. The summed E-state index contributed by atoms with van der Waals surface area (Å²) in [7, 11) is 0. The standard InChI is InChI=1S/C15H27N3O2/c16-13-1-6-17(7-2-13)14-3-8-18(11-14)15(19)12-4-9-20-10-5-12/h12-14H,1-11,16H2. The highest BCUT2D eigenvalue weighted by molar-refractivity contribution is 5.79. The highest BCUT2D eigenvalue weighted by atomic mass is 16.5. The van der Waals surface area contributed by atoms with Gasteiger partial charge in [-0.05, 0) is 45.2 Å². The van der Waals surface area contributed by atoms with Gasteiger partial charge in [0, 0.05) is 44.3 Å². The smallest absolute Gasteiger partial charge is 0.225 e. The number of hydrogen-bond acceptors (Lipinski definition) is 4. The lowest BCUT2D eigenvalue weighted by molar-refractivity contribution is -0.137. The summed E-state index contributed by atoms with van der Waals surface area (Å²) in [4.78, 5) is 17.1. The molecule has 5 heteroatoms. The molecule has 1 unspecified atom stereocenters. The van der Waals surface area contributed by atoms with Gasteiger partial charge in [0.1, 0.15) is 0 Å². The number of nitrogens with zero attached hydrogens (tertiary/aromatic N) is 2. The van der Waals surface area contributed by atoms with Crippen molar-refractivity contribution in [1.82, 2.24) is 9.80 Å². The maximum absolute atomic E-state index is 12.5. The van der Waals surface area contributed by atoms with Crippen LogP contribution in [0.5, 0.6) is 0 Å². The van der Waals surface area contributed by atoms with E-state index in [1.807, 2.05) is 0 Å². The van der Waals surface area contributed by atoms with Gasteiger partial charge in [0.15, 0.2) is 0 Å². The molecule has 0 radical (unpaired) electrons. The summed E-state index contributed by atoms with van der Waals surface area (Å²) in [5, 5.41) is 0. The third kappa shape index (κ3) is 3.15. The van der Waals surface area contributed by atoms with Gasteiger partial charge in [-0.25, -0.2) is 0 Å². The molecule has 0 spiro atoms. The van der Waals surface area contributed by atoms with E-state index >= 15 is 0 Å². The van der Waals surface area contributed by atoms with Crippen molar-refractivity contribution in [3.8, 4) is 0 Å². The lowest BCUT2D eigenvalue weighted by Crippen LogP contribution is -2.46. The summed E-state index contributed by atoms with van der Waals surface area (Å²) in [6, 6.07) is 0.943. The molecule has 0 aromatic carbocycles. The monoisotopic (exact) mass is 281 g/mol. The van der Waals surface area contributed by atoms with Crippen molar-refractivity contribution in [2.45, 2.75) is 44.2 Å². The van der Waals surface area contributed by atoms with Crippen molar-refractivity contribution >= 4 is 5.91 Å². The fourth-order valence-corrected chi connectivity index (χ4v) is 3.73. The van der Waals surface area contributed by atoms with Crippen LogP contribution in [0.3, 0.4) is 0 Å². The minimum absolute atomic E-state index is 0.206. The molecule has 3 rings (SSSR count). The second-order valence-electron chi connectivity index (χ2n) is 6.49. The number of piperidine rings is 1. The van der Waals surface area contributed by atoms with Crippen molar-refractivity contribution in [3.05, 3.63) is 0 Å². The average molecular weight is 281 g/mol. The molecule has 0 saturated carbocycles. The number of amides is 1. The number of hydrogen-bond donors (Lipinski definition) is 1. The van der Waals surface area contributed by atoms with E-state index in [1.165, 1.54) is 0 Å². The normalized spacial score (nSPS) is 30.9. The third-order valence-electron chi connectivity index (χ3n) is 5.14. The van der Waals surface area contributed by atoms with Gasteiger partial charge in [0.25, 0.3) is 0 Å². The lowest BCUT2D eigenvalue weighted by Gasteiger charge is -2.35. The second kappa shape index (κ2) is 6.41. The molecule has 3 saturated heterocycles. The van der Waals surface area contributed by atoms with Gasteiger partial charge in [-0.3, -0.25) is 9.69 Å². The van der Waals surface area contributed by atoms with Crippen LogP contribution < -0.4 is 5.73 Å². The van der Waals surface area contributed by atoms with Crippen molar-refractivity contribution < 1.29 is 9.53 Å². The van der Waals surface area contributed by atoms with Crippen LogP contribution in [-0.2, 0) is 9.53 Å². The summed E-state index contributed by atoms with van der Waals surface area (Å²) in [5.74, 6) is 0.571. The summed E-state index contributed by atoms with van der Waals surface area (Å²) in [5.41, 5.74) is 5.97. The van der Waals surface area contributed by atoms with Gasteiger partial charge in [0.05, 0.1) is 0 Å². The Hall–Kier alpha value is -0.650. The van der Waals surface area contributed by atoms with Gasteiger partial charge in [-0.2, -0.15) is 0 Å². The van der Waals surface area contributed by atoms with Gasteiger partial charge in [-0.15, -0.1) is 0 Å². The van der Waals surface area contributed by atoms with Crippen LogP contribution in [0.1, 0.15) is 32.1 Å². The summed E-state index contributed by atoms with van der Waals surface area (Å²) >= 11 is 0. The summed E-state index contributed by atoms with van der Waals surface area (Å²) in [6.07, 6.45) is 5.14. The van der Waals surface area contributed by atoms with Gasteiger partial charge >= 0.3 is 0 Å². The first-order chi connectivity index (χ1) is 9.74. The van der Waals surface area contributed by atoms with Crippen LogP contribution in [0.2, 0.25) is 0 Å². The zero-order valence-electron chi connectivity index (χ0n) is 12.3. The first-order valence-corrected chi connectivity index (χ1v) is 8.10. The molecule has 0 aromatic rings. The van der Waals surface area contributed by atoms with Gasteiger partial charge in [-0.1, -0.05) is 0 Å². The topological polar surface area (TPSA) is 58.8 Å². The largest absolute Gasteiger partial charge is 0.381 e. The van der Waals surface area contributed by atoms with Crippen LogP contribution in [0.15, 0.2) is 0 Å². The third-order valence-corrected chi connectivity index (χ3v) is 5.14. The molecule has 114 valence electrons. The Bertz CT molecular complexity index is 336. The predicted molar refractivity (Wildman–Crippen MR) is 77.3 cm³/mol. The van der Waals surface area contributed by atoms with Gasteiger partial charge in [0.2, 0.25) is 5.91 Å². The fraction of sp³-hybridized carbons (Fsp3) is 0.933. The van der Waals surface area contributed by atoms with Crippen molar-refractivity contribution in [2.24, 2.45) is 11.7 Å². The first kappa shape index (κ1) is 14.3. The SMILES string of the molecule is NC1CCN(C2CCN(C(=O)C3CCOCC3)C2)CC1. The highest BCUT2D eigenvalue weighted by Crippen LogP contribution is 2.24. The number of nitrogens with two attached hydrogens (primary N) is 1. The molecule has 5 nitrogen and oxygen atoms in total. The maximum Gasteiger partial charge on any atom is 0.225 e. The Kier molecular flexibility index (Phi) is 4.58. The molecule has 0 aromatic heterocycles. The molecule has 1 atom stereocenters. The van der Waals surface area contributed by atoms with E-state index in [9.17, 15) is 4.79 Å². The number of carbonyl (C=O) groups excluding carboxylic acids is 1. The highest BCUT2D eigenvalue weighted by Gasteiger charge is 2.34.